The molecule has 4 rings (SSSR count). The van der Waals surface area contributed by atoms with Gasteiger partial charge in [-0.05, 0) is 25.8 Å². The van der Waals surface area contributed by atoms with Crippen molar-refractivity contribution < 1.29 is 27.9 Å². The van der Waals surface area contributed by atoms with E-state index in [9.17, 15) is 28.0 Å². The standard InChI is InChI=1S/C27H32F2N4O5/c1-5-7-10-38-23-21-26(37)32(6-2)15-27(12-19(27)25(36)31(3)4)33(21)14-18(22(23)34)24(35)30-13-16-8-9-17(28)11-20(16)29/h8-9,11,14,19H,5-7,10,12-13,15H2,1-4H3,(H,30,35)/t19-,27-/m1/s1. The highest BCUT2D eigenvalue weighted by atomic mass is 19.1. The number of likely N-dealkylation sites (N-methyl/N-ethyl adjacent to an activating group) is 1. The lowest BCUT2D eigenvalue weighted by Crippen LogP contribution is -2.51. The van der Waals surface area contributed by atoms with E-state index in [1.165, 1.54) is 17.2 Å². The van der Waals surface area contributed by atoms with Gasteiger partial charge in [0.1, 0.15) is 17.2 Å². The summed E-state index contributed by atoms with van der Waals surface area (Å²) in [7, 11) is 3.30. The first kappa shape index (κ1) is 27.3. The first-order valence-electron chi connectivity index (χ1n) is 12.7. The lowest BCUT2D eigenvalue weighted by Gasteiger charge is -2.37. The lowest BCUT2D eigenvalue weighted by atomic mass is 10.0. The number of carbonyl (C=O) groups excluding carboxylic acids is 3. The van der Waals surface area contributed by atoms with Crippen LogP contribution in [0.4, 0.5) is 8.78 Å². The third-order valence-electron chi connectivity index (χ3n) is 7.21. The van der Waals surface area contributed by atoms with Crippen molar-refractivity contribution in [3.05, 3.63) is 63.1 Å². The molecule has 0 unspecified atom stereocenters. The third-order valence-corrected chi connectivity index (χ3v) is 7.21. The fourth-order valence-electron chi connectivity index (χ4n) is 4.94. The van der Waals surface area contributed by atoms with Crippen molar-refractivity contribution in [2.45, 2.75) is 45.2 Å². The first-order valence-corrected chi connectivity index (χ1v) is 12.7. The summed E-state index contributed by atoms with van der Waals surface area (Å²) < 4.78 is 34.8. The number of aromatic nitrogens is 1. The van der Waals surface area contributed by atoms with Gasteiger partial charge in [-0.1, -0.05) is 19.4 Å². The van der Waals surface area contributed by atoms with Crippen LogP contribution in [0.15, 0.2) is 29.2 Å². The Morgan fingerprint density at radius 2 is 1.95 bits per heavy atom. The Kier molecular flexibility index (Phi) is 7.57. The molecule has 1 N–H and O–H groups in total. The Morgan fingerprint density at radius 3 is 2.58 bits per heavy atom. The van der Waals surface area contributed by atoms with Gasteiger partial charge in [-0.3, -0.25) is 19.2 Å². The van der Waals surface area contributed by atoms with Crippen molar-refractivity contribution in [3.8, 4) is 5.75 Å². The molecule has 1 spiro atoms. The molecule has 1 fully saturated rings. The van der Waals surface area contributed by atoms with Gasteiger partial charge in [0, 0.05) is 51.6 Å². The number of benzene rings is 1. The van der Waals surface area contributed by atoms with Crippen molar-refractivity contribution in [2.75, 3.05) is 33.8 Å². The Hall–Kier alpha value is -3.76. The number of unbranched alkanes of at least 4 members (excludes halogenated alkanes) is 1. The van der Waals surface area contributed by atoms with Gasteiger partial charge in [0.15, 0.2) is 11.4 Å². The molecular formula is C27H32F2N4O5. The zero-order chi connectivity index (χ0) is 27.8. The molecule has 0 bridgehead atoms. The predicted octanol–water partition coefficient (Wildman–Crippen LogP) is 2.51. The molecule has 3 amide bonds. The number of pyridine rings is 1. The van der Waals surface area contributed by atoms with Gasteiger partial charge in [-0.2, -0.15) is 0 Å². The van der Waals surface area contributed by atoms with Crippen LogP contribution in [0.5, 0.6) is 5.75 Å². The molecule has 0 saturated heterocycles. The van der Waals surface area contributed by atoms with Gasteiger partial charge < -0.3 is 24.4 Å². The quantitative estimate of drug-likeness (QED) is 0.502. The minimum atomic E-state index is -0.830. The minimum Gasteiger partial charge on any atom is -0.487 e. The molecule has 1 aliphatic heterocycles. The Bertz CT molecular complexity index is 1340. The summed E-state index contributed by atoms with van der Waals surface area (Å²) in [5.41, 5.74) is -1.81. The molecular weight excluding hydrogens is 498 g/mol. The third kappa shape index (κ3) is 4.77. The molecule has 9 nitrogen and oxygen atoms in total. The average molecular weight is 531 g/mol. The van der Waals surface area contributed by atoms with E-state index in [0.29, 0.717) is 25.5 Å². The number of ether oxygens (including phenoxy) is 1. The molecule has 2 atom stereocenters. The fraction of sp³-hybridized carbons (Fsp3) is 0.481. The number of hydrogen-bond acceptors (Lipinski definition) is 5. The van der Waals surface area contributed by atoms with E-state index in [4.69, 9.17) is 4.74 Å². The van der Waals surface area contributed by atoms with Crippen LogP contribution < -0.4 is 15.5 Å². The SMILES string of the molecule is CCCCOc1c2n(cc(C(=O)NCc3ccc(F)cc3F)c1=O)[C@]1(C[C@@H]1C(=O)N(C)C)CN(CC)C2=O. The van der Waals surface area contributed by atoms with Gasteiger partial charge in [0.05, 0.1) is 18.1 Å². The average Bonchev–Trinajstić information content (AvgIpc) is 3.60. The van der Waals surface area contributed by atoms with Crippen LogP contribution in [0.3, 0.4) is 0 Å². The smallest absolute Gasteiger partial charge is 0.274 e. The van der Waals surface area contributed by atoms with Crippen molar-refractivity contribution in [1.29, 1.82) is 0 Å². The molecule has 2 heterocycles. The number of amides is 3. The summed E-state index contributed by atoms with van der Waals surface area (Å²) in [5, 5.41) is 2.51. The van der Waals surface area contributed by atoms with Crippen LogP contribution in [0, 0.1) is 17.6 Å². The van der Waals surface area contributed by atoms with Crippen LogP contribution in [0.1, 0.15) is 59.5 Å². The number of halogens is 2. The van der Waals surface area contributed by atoms with E-state index >= 15 is 0 Å². The van der Waals surface area contributed by atoms with Gasteiger partial charge in [-0.15, -0.1) is 0 Å². The number of carbonyl (C=O) groups is 3. The van der Waals surface area contributed by atoms with E-state index in [-0.39, 0.29) is 48.2 Å². The largest absolute Gasteiger partial charge is 0.487 e. The summed E-state index contributed by atoms with van der Waals surface area (Å²) in [6, 6.07) is 2.99. The second kappa shape index (κ2) is 10.5. The maximum atomic E-state index is 14.1. The van der Waals surface area contributed by atoms with Crippen LogP contribution in [-0.2, 0) is 16.9 Å². The van der Waals surface area contributed by atoms with Crippen LogP contribution in [0.25, 0.3) is 0 Å². The van der Waals surface area contributed by atoms with Crippen molar-refractivity contribution in [3.63, 3.8) is 0 Å². The van der Waals surface area contributed by atoms with Gasteiger partial charge in [0.25, 0.3) is 11.8 Å². The van der Waals surface area contributed by atoms with Crippen molar-refractivity contribution >= 4 is 17.7 Å². The molecule has 1 aromatic carbocycles. The van der Waals surface area contributed by atoms with E-state index in [2.05, 4.69) is 5.32 Å². The Balaban J connectivity index is 1.79. The number of rotatable bonds is 9. The van der Waals surface area contributed by atoms with Crippen LogP contribution in [0.2, 0.25) is 0 Å². The van der Waals surface area contributed by atoms with Crippen LogP contribution in [-0.4, -0.2) is 65.9 Å². The Labute approximate surface area is 219 Å². The molecule has 2 aromatic rings. The fourth-order valence-corrected chi connectivity index (χ4v) is 4.94. The monoisotopic (exact) mass is 530 g/mol. The van der Waals surface area contributed by atoms with Gasteiger partial charge in [0.2, 0.25) is 11.3 Å². The van der Waals surface area contributed by atoms with Crippen molar-refractivity contribution in [1.82, 2.24) is 19.7 Å². The second-order valence-corrected chi connectivity index (χ2v) is 9.95. The molecule has 0 radical (unpaired) electrons. The second-order valence-electron chi connectivity index (χ2n) is 9.95. The summed E-state index contributed by atoms with van der Waals surface area (Å²) in [6.07, 6.45) is 3.15. The summed E-state index contributed by atoms with van der Waals surface area (Å²) in [4.78, 5) is 56.2. The summed E-state index contributed by atoms with van der Waals surface area (Å²) >= 11 is 0. The molecule has 11 heteroatoms. The Morgan fingerprint density at radius 1 is 1.21 bits per heavy atom. The minimum absolute atomic E-state index is 0.0226. The highest BCUT2D eigenvalue weighted by Gasteiger charge is 2.64. The van der Waals surface area contributed by atoms with Crippen LogP contribution >= 0.6 is 0 Å². The zero-order valence-corrected chi connectivity index (χ0v) is 22.0. The maximum absolute atomic E-state index is 14.1. The normalized spacial score (nSPS) is 19.8. The molecule has 38 heavy (non-hydrogen) atoms. The molecule has 204 valence electrons. The maximum Gasteiger partial charge on any atom is 0.274 e. The number of nitrogens with zero attached hydrogens (tertiary/aromatic N) is 3. The van der Waals surface area contributed by atoms with Crippen molar-refractivity contribution in [2.24, 2.45) is 5.92 Å². The highest BCUT2D eigenvalue weighted by molar-refractivity contribution is 6.00. The highest BCUT2D eigenvalue weighted by Crippen LogP contribution is 2.54. The predicted molar refractivity (Wildman–Crippen MR) is 135 cm³/mol. The lowest BCUT2D eigenvalue weighted by molar-refractivity contribution is -0.131. The van der Waals surface area contributed by atoms with E-state index < -0.39 is 40.3 Å². The molecule has 1 aliphatic carbocycles. The molecule has 2 aliphatic rings. The number of hydrogen-bond donors (Lipinski definition) is 1. The van der Waals surface area contributed by atoms with Gasteiger partial charge in [-0.25, -0.2) is 8.78 Å². The van der Waals surface area contributed by atoms with Gasteiger partial charge >= 0.3 is 0 Å². The summed E-state index contributed by atoms with van der Waals surface area (Å²) in [5.74, 6) is -3.59. The van der Waals surface area contributed by atoms with E-state index in [0.717, 1.165) is 12.5 Å². The number of nitrogens with one attached hydrogen (secondary N) is 1. The first-order chi connectivity index (χ1) is 18.0. The zero-order valence-electron chi connectivity index (χ0n) is 22.0. The molecule has 1 saturated carbocycles. The summed E-state index contributed by atoms with van der Waals surface area (Å²) in [6.45, 7) is 4.27. The van der Waals surface area contributed by atoms with E-state index in [1.54, 1.807) is 23.6 Å². The van der Waals surface area contributed by atoms with E-state index in [1.807, 2.05) is 13.8 Å². The molecule has 1 aromatic heterocycles. The topological polar surface area (TPSA) is 101 Å². The number of fused-ring (bicyclic) bond motifs is 2.